The quantitative estimate of drug-likeness (QED) is 0.248. The minimum atomic E-state index is -0.551. The summed E-state index contributed by atoms with van der Waals surface area (Å²) in [5, 5.41) is 0.965. The van der Waals surface area contributed by atoms with E-state index in [-0.39, 0.29) is 11.2 Å². The Hall–Kier alpha value is -3.63. The molecule has 0 aliphatic carbocycles. The topological polar surface area (TPSA) is 56.5 Å². The molecule has 0 amide bonds. The first-order chi connectivity index (χ1) is 14.1. The SMILES string of the molecule is O=C(C=Cc1ccc(Cl)cc1)Oc1ccc2oc(-c3ccccc3)cc(=O)c2c1. The van der Waals surface area contributed by atoms with Gasteiger partial charge in [-0.05, 0) is 42.0 Å². The molecule has 4 nitrogen and oxygen atoms in total. The van der Waals surface area contributed by atoms with Gasteiger partial charge in [0.25, 0.3) is 0 Å². The van der Waals surface area contributed by atoms with Gasteiger partial charge >= 0.3 is 5.97 Å². The number of hydrogen-bond donors (Lipinski definition) is 0. The van der Waals surface area contributed by atoms with E-state index < -0.39 is 5.97 Å². The van der Waals surface area contributed by atoms with Crippen molar-refractivity contribution < 1.29 is 13.9 Å². The van der Waals surface area contributed by atoms with Crippen molar-refractivity contribution in [2.24, 2.45) is 0 Å². The van der Waals surface area contributed by atoms with E-state index in [2.05, 4.69) is 0 Å². The van der Waals surface area contributed by atoms with Crippen LogP contribution in [0, 0.1) is 0 Å². The van der Waals surface area contributed by atoms with Crippen LogP contribution in [-0.2, 0) is 4.79 Å². The van der Waals surface area contributed by atoms with Crippen molar-refractivity contribution in [2.45, 2.75) is 0 Å². The summed E-state index contributed by atoms with van der Waals surface area (Å²) in [5.41, 5.74) is 1.85. The average Bonchev–Trinajstić information content (AvgIpc) is 2.74. The third kappa shape index (κ3) is 4.45. The Kier molecular flexibility index (Phi) is 5.27. The van der Waals surface area contributed by atoms with Crippen LogP contribution in [-0.4, -0.2) is 5.97 Å². The molecule has 0 saturated heterocycles. The Labute approximate surface area is 171 Å². The van der Waals surface area contributed by atoms with Crippen molar-refractivity contribution in [1.29, 1.82) is 0 Å². The molecule has 0 fully saturated rings. The fourth-order valence-corrected chi connectivity index (χ4v) is 2.96. The summed E-state index contributed by atoms with van der Waals surface area (Å²) in [6.45, 7) is 0. The second-order valence-corrected chi connectivity index (χ2v) is 6.74. The van der Waals surface area contributed by atoms with Crippen molar-refractivity contribution in [1.82, 2.24) is 0 Å². The molecule has 0 atom stereocenters. The molecule has 0 bridgehead atoms. The molecular formula is C24H15ClO4. The van der Waals surface area contributed by atoms with Crippen LogP contribution in [0.1, 0.15) is 5.56 Å². The van der Waals surface area contributed by atoms with Crippen LogP contribution in [0.2, 0.25) is 5.02 Å². The van der Waals surface area contributed by atoms with E-state index in [0.29, 0.717) is 21.8 Å². The first-order valence-electron chi connectivity index (χ1n) is 8.87. The van der Waals surface area contributed by atoms with E-state index in [9.17, 15) is 9.59 Å². The predicted molar refractivity (Wildman–Crippen MR) is 114 cm³/mol. The normalized spacial score (nSPS) is 11.1. The molecule has 1 heterocycles. The maximum absolute atomic E-state index is 12.5. The summed E-state index contributed by atoms with van der Waals surface area (Å²) in [4.78, 5) is 24.6. The van der Waals surface area contributed by atoms with Gasteiger partial charge in [0.05, 0.1) is 5.39 Å². The van der Waals surface area contributed by atoms with Gasteiger partial charge in [-0.2, -0.15) is 0 Å². The number of ether oxygens (including phenoxy) is 1. The molecule has 29 heavy (non-hydrogen) atoms. The second-order valence-electron chi connectivity index (χ2n) is 6.30. The fraction of sp³-hybridized carbons (Fsp3) is 0. The van der Waals surface area contributed by atoms with Gasteiger partial charge in [-0.25, -0.2) is 4.79 Å². The monoisotopic (exact) mass is 402 g/mol. The predicted octanol–water partition coefficient (Wildman–Crippen LogP) is 5.73. The first-order valence-corrected chi connectivity index (χ1v) is 9.25. The van der Waals surface area contributed by atoms with Crippen LogP contribution >= 0.6 is 11.6 Å². The van der Waals surface area contributed by atoms with Crippen LogP contribution in [0.25, 0.3) is 28.4 Å². The van der Waals surface area contributed by atoms with Gasteiger partial charge in [0, 0.05) is 22.7 Å². The minimum absolute atomic E-state index is 0.209. The number of carbonyl (C=O) groups excluding carboxylic acids is 1. The number of halogens is 1. The molecule has 4 rings (SSSR count). The van der Waals surface area contributed by atoms with Crippen molar-refractivity contribution in [3.8, 4) is 17.1 Å². The lowest BCUT2D eigenvalue weighted by molar-refractivity contribution is -0.128. The van der Waals surface area contributed by atoms with Crippen molar-refractivity contribution >= 4 is 34.6 Å². The third-order valence-corrected chi connectivity index (χ3v) is 4.51. The average molecular weight is 403 g/mol. The molecule has 0 aliphatic heterocycles. The van der Waals surface area contributed by atoms with Gasteiger partial charge in [0.15, 0.2) is 5.43 Å². The number of carbonyl (C=O) groups is 1. The van der Waals surface area contributed by atoms with E-state index in [0.717, 1.165) is 11.1 Å². The molecule has 142 valence electrons. The highest BCUT2D eigenvalue weighted by molar-refractivity contribution is 6.30. The molecule has 0 saturated carbocycles. The lowest BCUT2D eigenvalue weighted by Crippen LogP contribution is -2.05. The molecule has 1 aromatic heterocycles. The Bertz CT molecular complexity index is 1260. The summed E-state index contributed by atoms with van der Waals surface area (Å²) < 4.78 is 11.1. The van der Waals surface area contributed by atoms with Gasteiger partial charge < -0.3 is 9.15 Å². The number of esters is 1. The summed E-state index contributed by atoms with van der Waals surface area (Å²) in [7, 11) is 0. The van der Waals surface area contributed by atoms with E-state index in [1.165, 1.54) is 18.2 Å². The standard InChI is InChI=1S/C24H15ClO4/c25-18-9-6-16(7-10-18)8-13-24(27)28-19-11-12-22-20(14-19)21(26)15-23(29-22)17-4-2-1-3-5-17/h1-15H. The van der Waals surface area contributed by atoms with Gasteiger partial charge in [-0.3, -0.25) is 4.79 Å². The summed E-state index contributed by atoms with van der Waals surface area (Å²) in [6, 6.07) is 22.6. The van der Waals surface area contributed by atoms with Gasteiger partial charge in [0.2, 0.25) is 0 Å². The van der Waals surface area contributed by atoms with Crippen LogP contribution in [0.3, 0.4) is 0 Å². The Morgan fingerprint density at radius 2 is 1.69 bits per heavy atom. The second kappa shape index (κ2) is 8.17. The molecule has 0 radical (unpaired) electrons. The molecule has 3 aromatic carbocycles. The number of rotatable bonds is 4. The highest BCUT2D eigenvalue weighted by atomic mass is 35.5. The number of fused-ring (bicyclic) bond motifs is 1. The molecule has 0 N–H and O–H groups in total. The van der Waals surface area contributed by atoms with E-state index in [1.54, 1.807) is 42.5 Å². The van der Waals surface area contributed by atoms with Crippen LogP contribution in [0.4, 0.5) is 0 Å². The number of benzene rings is 3. The Morgan fingerprint density at radius 3 is 2.45 bits per heavy atom. The van der Waals surface area contributed by atoms with Crippen LogP contribution < -0.4 is 10.2 Å². The van der Waals surface area contributed by atoms with Crippen molar-refractivity contribution in [3.05, 3.63) is 106 Å². The molecule has 4 aromatic rings. The zero-order chi connectivity index (χ0) is 20.2. The molecule has 5 heteroatoms. The van der Waals surface area contributed by atoms with E-state index in [1.807, 2.05) is 30.3 Å². The van der Waals surface area contributed by atoms with Gasteiger partial charge in [-0.15, -0.1) is 0 Å². The van der Waals surface area contributed by atoms with Crippen LogP contribution in [0.15, 0.2) is 94.2 Å². The lowest BCUT2D eigenvalue weighted by atomic mass is 10.1. The van der Waals surface area contributed by atoms with Crippen molar-refractivity contribution in [2.75, 3.05) is 0 Å². The van der Waals surface area contributed by atoms with Crippen LogP contribution in [0.5, 0.6) is 5.75 Å². The summed E-state index contributed by atoms with van der Waals surface area (Å²) in [5.74, 6) is 0.200. The smallest absolute Gasteiger partial charge is 0.336 e. The highest BCUT2D eigenvalue weighted by Crippen LogP contribution is 2.24. The zero-order valence-electron chi connectivity index (χ0n) is 15.2. The molecule has 0 aliphatic rings. The largest absolute Gasteiger partial charge is 0.456 e. The first kappa shape index (κ1) is 18.7. The summed E-state index contributed by atoms with van der Waals surface area (Å²) in [6.07, 6.45) is 2.94. The van der Waals surface area contributed by atoms with Gasteiger partial charge in [0.1, 0.15) is 17.1 Å². The van der Waals surface area contributed by atoms with Crippen molar-refractivity contribution in [3.63, 3.8) is 0 Å². The molecule has 0 spiro atoms. The van der Waals surface area contributed by atoms with Gasteiger partial charge in [-0.1, -0.05) is 54.1 Å². The fourth-order valence-electron chi connectivity index (χ4n) is 2.83. The van der Waals surface area contributed by atoms with E-state index in [4.69, 9.17) is 20.8 Å². The minimum Gasteiger partial charge on any atom is -0.456 e. The lowest BCUT2D eigenvalue weighted by Gasteiger charge is -2.05. The van der Waals surface area contributed by atoms with E-state index >= 15 is 0 Å². The highest BCUT2D eigenvalue weighted by Gasteiger charge is 2.09. The molecule has 0 unspecified atom stereocenters. The Balaban J connectivity index is 1.56. The molecular weight excluding hydrogens is 388 g/mol. The number of hydrogen-bond acceptors (Lipinski definition) is 4. The summed E-state index contributed by atoms with van der Waals surface area (Å²) >= 11 is 5.84. The maximum atomic E-state index is 12.5. The third-order valence-electron chi connectivity index (χ3n) is 4.26. The Morgan fingerprint density at radius 1 is 0.931 bits per heavy atom. The zero-order valence-corrected chi connectivity index (χ0v) is 15.9. The maximum Gasteiger partial charge on any atom is 0.336 e.